The summed E-state index contributed by atoms with van der Waals surface area (Å²) in [5.74, 6) is 0. The second-order valence-corrected chi connectivity index (χ2v) is 2.43. The quantitative estimate of drug-likeness (QED) is 0.538. The van der Waals surface area contributed by atoms with Gasteiger partial charge in [-0.25, -0.2) is 0 Å². The molecule has 0 atom stereocenters. The van der Waals surface area contributed by atoms with Crippen LogP contribution in [-0.4, -0.2) is 21.2 Å². The maximum absolute atomic E-state index is 10.5. The van der Waals surface area contributed by atoms with E-state index in [0.717, 1.165) is 0 Å². The fourth-order valence-corrected chi connectivity index (χ4v) is 0.949. The Hall–Kier alpha value is -1.69. The maximum Gasteiger partial charge on any atom is 0.314 e. The molecule has 13 heavy (non-hydrogen) atoms. The number of aryl methyl sites for hydroxylation is 1. The van der Waals surface area contributed by atoms with Crippen molar-refractivity contribution in [3.8, 4) is 0 Å². The number of rotatable bonds is 3. The van der Waals surface area contributed by atoms with Gasteiger partial charge in [0.25, 0.3) is 0 Å². The van der Waals surface area contributed by atoms with Gasteiger partial charge in [-0.3, -0.25) is 14.8 Å². The lowest BCUT2D eigenvalue weighted by atomic mass is 10.3. The molecule has 1 heterocycles. The van der Waals surface area contributed by atoms with Gasteiger partial charge in [-0.15, -0.1) is 0 Å². The lowest BCUT2D eigenvalue weighted by Gasteiger charge is -1.93. The Morgan fingerprint density at radius 1 is 1.85 bits per heavy atom. The van der Waals surface area contributed by atoms with Crippen LogP contribution in [0.1, 0.15) is 5.69 Å². The van der Waals surface area contributed by atoms with Crippen molar-refractivity contribution < 1.29 is 4.92 Å². The van der Waals surface area contributed by atoms with Crippen molar-refractivity contribution in [2.45, 2.75) is 0 Å². The summed E-state index contributed by atoms with van der Waals surface area (Å²) in [4.78, 5) is 10.0. The highest BCUT2D eigenvalue weighted by molar-refractivity contribution is 5.56. The first-order valence-corrected chi connectivity index (χ1v) is 3.69. The fourth-order valence-electron chi connectivity index (χ4n) is 0.949. The van der Waals surface area contributed by atoms with Gasteiger partial charge in [-0.2, -0.15) is 5.10 Å². The molecule has 6 heteroatoms. The van der Waals surface area contributed by atoms with Crippen molar-refractivity contribution in [2.75, 3.05) is 6.54 Å². The molecule has 0 bridgehead atoms. The Bertz CT molecular complexity index is 342. The molecule has 0 spiro atoms. The number of nitrogens with two attached hydrogens (primary N) is 1. The average molecular weight is 182 g/mol. The summed E-state index contributed by atoms with van der Waals surface area (Å²) in [5, 5.41) is 14.3. The van der Waals surface area contributed by atoms with E-state index >= 15 is 0 Å². The predicted octanol–water partition coefficient (Wildman–Crippen LogP) is 0.300. The molecular weight excluding hydrogens is 172 g/mol. The van der Waals surface area contributed by atoms with Gasteiger partial charge < -0.3 is 5.73 Å². The molecule has 70 valence electrons. The van der Waals surface area contributed by atoms with Gasteiger partial charge in [-0.1, -0.05) is 6.08 Å². The molecule has 1 aromatic rings. The van der Waals surface area contributed by atoms with Crippen LogP contribution in [0.5, 0.6) is 0 Å². The van der Waals surface area contributed by atoms with E-state index in [2.05, 4.69) is 5.10 Å². The topological polar surface area (TPSA) is 87.0 Å². The molecule has 2 N–H and O–H groups in total. The smallest absolute Gasteiger partial charge is 0.314 e. The third-order valence-corrected chi connectivity index (χ3v) is 1.57. The zero-order chi connectivity index (χ0) is 9.84. The second kappa shape index (κ2) is 3.81. The summed E-state index contributed by atoms with van der Waals surface area (Å²) >= 11 is 0. The van der Waals surface area contributed by atoms with E-state index in [9.17, 15) is 10.1 Å². The van der Waals surface area contributed by atoms with Crippen molar-refractivity contribution in [1.29, 1.82) is 0 Å². The van der Waals surface area contributed by atoms with Crippen molar-refractivity contribution in [2.24, 2.45) is 12.8 Å². The third kappa shape index (κ3) is 1.91. The zero-order valence-electron chi connectivity index (χ0n) is 7.17. The van der Waals surface area contributed by atoms with Crippen LogP contribution in [0.2, 0.25) is 0 Å². The minimum absolute atomic E-state index is 0.00722. The van der Waals surface area contributed by atoms with Gasteiger partial charge in [0.2, 0.25) is 0 Å². The summed E-state index contributed by atoms with van der Waals surface area (Å²) in [6.45, 7) is 0.350. The van der Waals surface area contributed by atoms with Crippen LogP contribution in [0, 0.1) is 10.1 Å². The summed E-state index contributed by atoms with van der Waals surface area (Å²) < 4.78 is 1.43. The van der Waals surface area contributed by atoms with Gasteiger partial charge in [0.15, 0.2) is 0 Å². The van der Waals surface area contributed by atoms with Crippen molar-refractivity contribution in [1.82, 2.24) is 9.78 Å². The zero-order valence-corrected chi connectivity index (χ0v) is 7.17. The molecule has 0 fully saturated rings. The monoisotopic (exact) mass is 182 g/mol. The van der Waals surface area contributed by atoms with Crippen molar-refractivity contribution in [3.05, 3.63) is 28.1 Å². The predicted molar refractivity (Wildman–Crippen MR) is 48.0 cm³/mol. The van der Waals surface area contributed by atoms with E-state index in [-0.39, 0.29) is 5.69 Å². The molecule has 1 aromatic heterocycles. The molecular formula is C7H10N4O2. The molecule has 0 saturated heterocycles. The SMILES string of the molecule is Cn1ncc([N+](=O)[O-])c1/C=C/CN. The number of nitro groups is 1. The molecule has 0 aliphatic heterocycles. The lowest BCUT2D eigenvalue weighted by Crippen LogP contribution is -1.97. The molecule has 0 amide bonds. The third-order valence-electron chi connectivity index (χ3n) is 1.57. The number of aromatic nitrogens is 2. The van der Waals surface area contributed by atoms with Crippen LogP contribution in [0.15, 0.2) is 12.3 Å². The summed E-state index contributed by atoms with van der Waals surface area (Å²) in [7, 11) is 1.64. The Balaban J connectivity index is 3.08. The van der Waals surface area contributed by atoms with Gasteiger partial charge in [-0.05, 0) is 6.08 Å². The van der Waals surface area contributed by atoms with E-state index in [4.69, 9.17) is 5.73 Å². The van der Waals surface area contributed by atoms with E-state index in [0.29, 0.717) is 12.2 Å². The second-order valence-electron chi connectivity index (χ2n) is 2.43. The largest absolute Gasteiger partial charge is 0.327 e. The highest BCUT2D eigenvalue weighted by atomic mass is 16.6. The number of hydrogen-bond acceptors (Lipinski definition) is 4. The first-order valence-electron chi connectivity index (χ1n) is 3.69. The fraction of sp³-hybridized carbons (Fsp3) is 0.286. The lowest BCUT2D eigenvalue weighted by molar-refractivity contribution is -0.385. The number of hydrogen-bond donors (Lipinski definition) is 1. The minimum atomic E-state index is -0.469. The van der Waals surface area contributed by atoms with Gasteiger partial charge in [0.1, 0.15) is 11.9 Å². The first-order chi connectivity index (χ1) is 6.16. The summed E-state index contributed by atoms with van der Waals surface area (Å²) in [6.07, 6.45) is 4.45. The van der Waals surface area contributed by atoms with E-state index in [1.165, 1.54) is 10.9 Å². The minimum Gasteiger partial charge on any atom is -0.327 e. The van der Waals surface area contributed by atoms with Crippen LogP contribution in [0.25, 0.3) is 6.08 Å². The van der Waals surface area contributed by atoms with Gasteiger partial charge in [0, 0.05) is 13.6 Å². The average Bonchev–Trinajstić information content (AvgIpc) is 2.43. The van der Waals surface area contributed by atoms with Crippen LogP contribution in [0.4, 0.5) is 5.69 Å². The molecule has 0 aliphatic carbocycles. The Morgan fingerprint density at radius 2 is 2.54 bits per heavy atom. The van der Waals surface area contributed by atoms with Crippen LogP contribution >= 0.6 is 0 Å². The van der Waals surface area contributed by atoms with Crippen molar-refractivity contribution >= 4 is 11.8 Å². The number of nitrogens with zero attached hydrogens (tertiary/aromatic N) is 3. The Labute approximate surface area is 74.8 Å². The molecule has 6 nitrogen and oxygen atoms in total. The molecule has 0 aliphatic rings. The van der Waals surface area contributed by atoms with E-state index < -0.39 is 4.92 Å². The van der Waals surface area contributed by atoms with Gasteiger partial charge in [0.05, 0.1) is 4.92 Å². The normalized spacial score (nSPS) is 10.9. The summed E-state index contributed by atoms with van der Waals surface area (Å²) in [5.41, 5.74) is 5.68. The van der Waals surface area contributed by atoms with Gasteiger partial charge >= 0.3 is 5.69 Å². The van der Waals surface area contributed by atoms with E-state index in [1.54, 1.807) is 19.2 Å². The van der Waals surface area contributed by atoms with Crippen LogP contribution in [0.3, 0.4) is 0 Å². The molecule has 0 radical (unpaired) electrons. The molecule has 1 rings (SSSR count). The first kappa shape index (κ1) is 9.40. The standard InChI is InChI=1S/C7H10N4O2/c1-10-6(3-2-4-8)7(5-9-10)11(12)13/h2-3,5H,4,8H2,1H3/b3-2+. The van der Waals surface area contributed by atoms with Crippen LogP contribution < -0.4 is 5.73 Å². The highest BCUT2D eigenvalue weighted by Gasteiger charge is 2.15. The molecule has 0 unspecified atom stereocenters. The van der Waals surface area contributed by atoms with Crippen LogP contribution in [-0.2, 0) is 7.05 Å². The Morgan fingerprint density at radius 3 is 3.08 bits per heavy atom. The Kier molecular flexibility index (Phi) is 2.76. The highest BCUT2D eigenvalue weighted by Crippen LogP contribution is 2.17. The van der Waals surface area contributed by atoms with E-state index in [1.807, 2.05) is 0 Å². The molecule has 0 saturated carbocycles. The van der Waals surface area contributed by atoms with Crippen molar-refractivity contribution in [3.63, 3.8) is 0 Å². The summed E-state index contributed by atoms with van der Waals surface area (Å²) in [6, 6.07) is 0. The maximum atomic E-state index is 10.5. The molecule has 0 aromatic carbocycles.